The molecule has 1 aliphatic heterocycles. The predicted molar refractivity (Wildman–Crippen MR) is 106 cm³/mol. The second-order valence-electron chi connectivity index (χ2n) is 6.73. The van der Waals surface area contributed by atoms with Gasteiger partial charge in [-0.2, -0.15) is 9.97 Å². The molecule has 0 saturated carbocycles. The summed E-state index contributed by atoms with van der Waals surface area (Å²) in [4.78, 5) is 16.0. The van der Waals surface area contributed by atoms with E-state index in [0.29, 0.717) is 28.5 Å². The fourth-order valence-electron chi connectivity index (χ4n) is 3.24. The van der Waals surface area contributed by atoms with Crippen molar-refractivity contribution < 1.29 is 0 Å². The number of fused-ring (bicyclic) bond motifs is 1. The first-order chi connectivity index (χ1) is 12.6. The molecule has 0 atom stereocenters. The number of aromatic nitrogens is 3. The second kappa shape index (κ2) is 7.05. The molecule has 4 rings (SSSR count). The summed E-state index contributed by atoms with van der Waals surface area (Å²) >= 11 is 6.10. The third kappa shape index (κ3) is 3.57. The number of pyridine rings is 1. The molecular formula is C19H21ClN6. The van der Waals surface area contributed by atoms with Crippen LogP contribution in [0.15, 0.2) is 36.4 Å². The van der Waals surface area contributed by atoms with Crippen LogP contribution >= 0.6 is 11.6 Å². The number of benzene rings is 1. The highest BCUT2D eigenvalue weighted by Crippen LogP contribution is 2.25. The van der Waals surface area contributed by atoms with Gasteiger partial charge in [-0.05, 0) is 57.2 Å². The average molecular weight is 369 g/mol. The normalized spacial score (nSPS) is 16.1. The maximum absolute atomic E-state index is 6.14. The van der Waals surface area contributed by atoms with Crippen LogP contribution in [0, 0.1) is 0 Å². The number of piperidine rings is 1. The van der Waals surface area contributed by atoms with E-state index in [4.69, 9.17) is 17.3 Å². The Hall–Kier alpha value is -2.44. The van der Waals surface area contributed by atoms with Crippen LogP contribution in [0.4, 0.5) is 11.8 Å². The van der Waals surface area contributed by atoms with Gasteiger partial charge in [0.05, 0.1) is 11.1 Å². The number of rotatable bonds is 3. The Morgan fingerprint density at radius 2 is 1.92 bits per heavy atom. The molecule has 0 unspecified atom stereocenters. The zero-order valence-electron chi connectivity index (χ0n) is 14.6. The summed E-state index contributed by atoms with van der Waals surface area (Å²) in [7, 11) is 2.14. The van der Waals surface area contributed by atoms with Gasteiger partial charge in [0.1, 0.15) is 5.82 Å². The van der Waals surface area contributed by atoms with Gasteiger partial charge in [0.2, 0.25) is 5.95 Å². The van der Waals surface area contributed by atoms with Gasteiger partial charge in [0.15, 0.2) is 5.65 Å². The van der Waals surface area contributed by atoms with Gasteiger partial charge in [0.25, 0.3) is 0 Å². The molecule has 1 saturated heterocycles. The van der Waals surface area contributed by atoms with E-state index in [1.165, 1.54) is 0 Å². The molecule has 2 aromatic heterocycles. The Balaban J connectivity index is 1.66. The van der Waals surface area contributed by atoms with Gasteiger partial charge in [0, 0.05) is 16.6 Å². The number of nitrogens with one attached hydrogen (secondary N) is 1. The van der Waals surface area contributed by atoms with Crippen molar-refractivity contribution in [2.24, 2.45) is 0 Å². The molecule has 26 heavy (non-hydrogen) atoms. The minimum Gasteiger partial charge on any atom is -0.383 e. The van der Waals surface area contributed by atoms with Crippen molar-refractivity contribution in [3.05, 3.63) is 41.4 Å². The molecule has 0 aliphatic carbocycles. The number of anilines is 2. The topological polar surface area (TPSA) is 80.0 Å². The van der Waals surface area contributed by atoms with Gasteiger partial charge < -0.3 is 16.0 Å². The maximum Gasteiger partial charge on any atom is 0.226 e. The molecule has 0 radical (unpaired) electrons. The van der Waals surface area contributed by atoms with Crippen LogP contribution in [0.5, 0.6) is 0 Å². The summed E-state index contributed by atoms with van der Waals surface area (Å²) in [5.74, 6) is 0.982. The van der Waals surface area contributed by atoms with E-state index in [1.54, 1.807) is 0 Å². The Labute approximate surface area is 157 Å². The maximum atomic E-state index is 6.14. The Morgan fingerprint density at radius 1 is 1.12 bits per heavy atom. The number of nitrogens with zero attached hydrogens (tertiary/aromatic N) is 4. The molecule has 1 fully saturated rings. The molecule has 1 aromatic carbocycles. The lowest BCUT2D eigenvalue weighted by atomic mass is 10.1. The molecule has 6 nitrogen and oxygen atoms in total. The Bertz CT molecular complexity index is 936. The molecule has 0 amide bonds. The molecule has 0 bridgehead atoms. The number of nitrogens with two attached hydrogens (primary N) is 1. The fraction of sp³-hybridized carbons (Fsp3) is 0.316. The fourth-order valence-corrected chi connectivity index (χ4v) is 3.43. The zero-order valence-corrected chi connectivity index (χ0v) is 15.4. The molecule has 3 N–H and O–H groups in total. The average Bonchev–Trinajstić information content (AvgIpc) is 2.63. The Kier molecular flexibility index (Phi) is 4.61. The summed E-state index contributed by atoms with van der Waals surface area (Å²) in [6.45, 7) is 2.13. The van der Waals surface area contributed by atoms with Crippen LogP contribution in [0.3, 0.4) is 0 Å². The van der Waals surface area contributed by atoms with Gasteiger partial charge >= 0.3 is 0 Å². The van der Waals surface area contributed by atoms with Crippen molar-refractivity contribution in [3.8, 4) is 11.3 Å². The summed E-state index contributed by atoms with van der Waals surface area (Å²) in [6.07, 6.45) is 2.13. The van der Waals surface area contributed by atoms with Crippen molar-refractivity contribution in [2.75, 3.05) is 31.2 Å². The van der Waals surface area contributed by atoms with E-state index >= 15 is 0 Å². The van der Waals surface area contributed by atoms with Crippen molar-refractivity contribution in [1.82, 2.24) is 19.9 Å². The highest BCUT2D eigenvalue weighted by Gasteiger charge is 2.18. The number of hydrogen-bond donors (Lipinski definition) is 2. The smallest absolute Gasteiger partial charge is 0.226 e. The van der Waals surface area contributed by atoms with Gasteiger partial charge in [-0.15, -0.1) is 0 Å². The van der Waals surface area contributed by atoms with E-state index in [2.05, 4.69) is 32.2 Å². The minimum absolute atomic E-state index is 0.360. The minimum atomic E-state index is 0.360. The summed E-state index contributed by atoms with van der Waals surface area (Å²) in [5.41, 5.74) is 8.48. The van der Waals surface area contributed by atoms with Gasteiger partial charge in [-0.25, -0.2) is 4.98 Å². The number of hydrogen-bond acceptors (Lipinski definition) is 6. The molecule has 0 spiro atoms. The van der Waals surface area contributed by atoms with Crippen molar-refractivity contribution >= 4 is 34.4 Å². The first-order valence-corrected chi connectivity index (χ1v) is 9.11. The SMILES string of the molecule is CN1CCC(Nc2nc(N)c3ccc(-c4cccc(Cl)c4)nc3n2)CC1. The van der Waals surface area contributed by atoms with Crippen molar-refractivity contribution in [2.45, 2.75) is 18.9 Å². The van der Waals surface area contributed by atoms with Crippen LogP contribution in [-0.2, 0) is 0 Å². The molecular weight excluding hydrogens is 348 g/mol. The lowest BCUT2D eigenvalue weighted by Gasteiger charge is -2.29. The summed E-state index contributed by atoms with van der Waals surface area (Å²) < 4.78 is 0. The standard InChI is InChI=1S/C19H21ClN6/c1-26-9-7-14(8-10-26)22-19-24-17(21)15-5-6-16(23-18(15)25-19)12-3-2-4-13(20)11-12/h2-6,11,14H,7-10H2,1H3,(H3,21,22,23,24,25). The first-order valence-electron chi connectivity index (χ1n) is 8.74. The van der Waals surface area contributed by atoms with Crippen molar-refractivity contribution in [1.29, 1.82) is 0 Å². The lowest BCUT2D eigenvalue weighted by Crippen LogP contribution is -2.37. The predicted octanol–water partition coefficient (Wildman–Crippen LogP) is 3.43. The number of likely N-dealkylation sites (tertiary alicyclic amines) is 1. The van der Waals surface area contributed by atoms with Crippen LogP contribution in [0.2, 0.25) is 5.02 Å². The molecule has 3 aromatic rings. The zero-order chi connectivity index (χ0) is 18.1. The van der Waals surface area contributed by atoms with E-state index in [9.17, 15) is 0 Å². The second-order valence-corrected chi connectivity index (χ2v) is 7.17. The summed E-state index contributed by atoms with van der Waals surface area (Å²) in [6, 6.07) is 11.8. The van der Waals surface area contributed by atoms with E-state index in [1.807, 2.05) is 36.4 Å². The highest BCUT2D eigenvalue weighted by atomic mass is 35.5. The molecule has 3 heterocycles. The van der Waals surface area contributed by atoms with E-state index in [0.717, 1.165) is 42.6 Å². The molecule has 7 heteroatoms. The summed E-state index contributed by atoms with van der Waals surface area (Å²) in [5, 5.41) is 4.84. The highest BCUT2D eigenvalue weighted by molar-refractivity contribution is 6.30. The quantitative estimate of drug-likeness (QED) is 0.737. The van der Waals surface area contributed by atoms with Crippen molar-refractivity contribution in [3.63, 3.8) is 0 Å². The van der Waals surface area contributed by atoms with Crippen LogP contribution in [0.1, 0.15) is 12.8 Å². The van der Waals surface area contributed by atoms with Gasteiger partial charge in [-0.3, -0.25) is 0 Å². The number of nitrogen functional groups attached to an aromatic ring is 1. The van der Waals surface area contributed by atoms with Crippen LogP contribution in [0.25, 0.3) is 22.3 Å². The van der Waals surface area contributed by atoms with Gasteiger partial charge in [-0.1, -0.05) is 23.7 Å². The van der Waals surface area contributed by atoms with E-state index < -0.39 is 0 Å². The molecule has 134 valence electrons. The monoisotopic (exact) mass is 368 g/mol. The third-order valence-electron chi connectivity index (χ3n) is 4.76. The molecule has 1 aliphatic rings. The van der Waals surface area contributed by atoms with E-state index in [-0.39, 0.29) is 0 Å². The van der Waals surface area contributed by atoms with Crippen LogP contribution in [-0.4, -0.2) is 46.0 Å². The first kappa shape index (κ1) is 17.0. The Morgan fingerprint density at radius 3 is 2.69 bits per heavy atom. The lowest BCUT2D eigenvalue weighted by molar-refractivity contribution is 0.263. The third-order valence-corrected chi connectivity index (χ3v) is 5.00. The largest absolute Gasteiger partial charge is 0.383 e. The number of halogens is 1. The van der Waals surface area contributed by atoms with Crippen LogP contribution < -0.4 is 11.1 Å².